The predicted octanol–water partition coefficient (Wildman–Crippen LogP) is 5.61. The summed E-state index contributed by atoms with van der Waals surface area (Å²) in [6.07, 6.45) is 11.2. The second-order valence-corrected chi connectivity index (χ2v) is 11.5. The second kappa shape index (κ2) is 7.58. The topological polar surface area (TPSA) is 21.7 Å². The van der Waals surface area contributed by atoms with E-state index in [9.17, 15) is 0 Å². The van der Waals surface area contributed by atoms with Crippen molar-refractivity contribution < 1.29 is 9.47 Å². The first-order valence-electron chi connectivity index (χ1n) is 13.4. The molecule has 2 aliphatic heterocycles. The van der Waals surface area contributed by atoms with Crippen molar-refractivity contribution in [2.24, 2.45) is 5.92 Å². The first kappa shape index (κ1) is 20.5. The number of ether oxygens (including phenoxy) is 2. The van der Waals surface area contributed by atoms with E-state index in [1.54, 1.807) is 11.1 Å². The maximum atomic E-state index is 7.27. The van der Waals surface area contributed by atoms with Gasteiger partial charge < -0.3 is 9.47 Å². The summed E-state index contributed by atoms with van der Waals surface area (Å²) in [5, 5.41) is 0. The molecule has 1 saturated heterocycles. The van der Waals surface area contributed by atoms with Crippen molar-refractivity contribution >= 4 is 0 Å². The average Bonchev–Trinajstić information content (AvgIpc) is 3.58. The van der Waals surface area contributed by atoms with Gasteiger partial charge in [0.25, 0.3) is 0 Å². The van der Waals surface area contributed by atoms with E-state index < -0.39 is 0 Å². The first-order valence-corrected chi connectivity index (χ1v) is 13.4. The molecule has 3 aliphatic carbocycles. The number of hydrogen-bond acceptors (Lipinski definition) is 3. The number of likely N-dealkylation sites (tertiary alicyclic amines) is 1. The van der Waals surface area contributed by atoms with Gasteiger partial charge in [-0.1, -0.05) is 42.5 Å². The Morgan fingerprint density at radius 3 is 2.79 bits per heavy atom. The fraction of sp³-hybridized carbons (Fsp3) is 0.600. The zero-order valence-electron chi connectivity index (χ0n) is 20.0. The van der Waals surface area contributed by atoms with Crippen molar-refractivity contribution in [1.82, 2.24) is 4.90 Å². The molecule has 3 fully saturated rings. The smallest absolute Gasteiger partial charge is 0.126 e. The molecule has 3 heteroatoms. The lowest BCUT2D eigenvalue weighted by molar-refractivity contribution is -0.216. The number of nitrogens with zero attached hydrogens (tertiary/aromatic N) is 1. The van der Waals surface area contributed by atoms with E-state index in [0.717, 1.165) is 31.8 Å². The molecule has 5 aliphatic rings. The van der Waals surface area contributed by atoms with Crippen LogP contribution in [0, 0.1) is 12.8 Å². The summed E-state index contributed by atoms with van der Waals surface area (Å²) in [7, 11) is 0. The maximum Gasteiger partial charge on any atom is 0.126 e. The first-order chi connectivity index (χ1) is 16.2. The molecule has 3 nitrogen and oxygen atoms in total. The summed E-state index contributed by atoms with van der Waals surface area (Å²) in [5.41, 5.74) is 5.80. The number of benzene rings is 2. The van der Waals surface area contributed by atoms with Crippen LogP contribution in [0.15, 0.2) is 42.5 Å². The summed E-state index contributed by atoms with van der Waals surface area (Å²) >= 11 is 0. The van der Waals surface area contributed by atoms with Crippen LogP contribution in [-0.2, 0) is 23.0 Å². The van der Waals surface area contributed by atoms with Crippen molar-refractivity contribution in [1.29, 1.82) is 0 Å². The van der Waals surface area contributed by atoms with E-state index in [1.807, 2.05) is 0 Å². The van der Waals surface area contributed by atoms with E-state index in [0.29, 0.717) is 12.1 Å². The monoisotopic (exact) mass is 443 g/mol. The highest BCUT2D eigenvalue weighted by molar-refractivity contribution is 5.60. The Balaban J connectivity index is 1.26. The molecule has 174 valence electrons. The van der Waals surface area contributed by atoms with Gasteiger partial charge in [-0.25, -0.2) is 0 Å². The van der Waals surface area contributed by atoms with Gasteiger partial charge in [0.15, 0.2) is 0 Å². The largest absolute Gasteiger partial charge is 0.489 e. The molecule has 0 aromatic heterocycles. The summed E-state index contributed by atoms with van der Waals surface area (Å²) in [4.78, 5) is 2.85. The predicted molar refractivity (Wildman–Crippen MR) is 131 cm³/mol. The Bertz CT molecular complexity index is 1050. The summed E-state index contributed by atoms with van der Waals surface area (Å²) < 4.78 is 14.1. The third-order valence-electron chi connectivity index (χ3n) is 9.65. The molecule has 2 aromatic rings. The van der Waals surface area contributed by atoms with Gasteiger partial charge in [0.1, 0.15) is 11.9 Å². The van der Waals surface area contributed by atoms with Crippen LogP contribution >= 0.6 is 0 Å². The quantitative estimate of drug-likeness (QED) is 0.520. The molecule has 2 saturated carbocycles. The van der Waals surface area contributed by atoms with Crippen molar-refractivity contribution in [2.45, 2.75) is 87.9 Å². The summed E-state index contributed by atoms with van der Waals surface area (Å²) in [5.74, 6) is 2.13. The van der Waals surface area contributed by atoms with Crippen LogP contribution < -0.4 is 4.74 Å². The van der Waals surface area contributed by atoms with Gasteiger partial charge in [-0.05, 0) is 93.9 Å². The highest BCUT2D eigenvalue weighted by atomic mass is 16.5. The number of piperidine rings is 1. The van der Waals surface area contributed by atoms with Gasteiger partial charge in [0.05, 0.1) is 11.0 Å². The standard InChI is InChI=1S/C30H37NO2/c1-21-11-14-24-19-25-30(32-18-6-9-22-7-3-2-4-8-22)15-5-10-26-29(30,27(24)28(21)33-26)16-17-31(25)20-23-12-13-23/h2-4,7-8,11,14,23,25-26H,5-6,9-10,12-13,15-20H2,1H3/t25?,26-,29+,30+/m0/s1. The molecular formula is C30H37NO2. The highest BCUT2D eigenvalue weighted by Gasteiger charge is 2.72. The highest BCUT2D eigenvalue weighted by Crippen LogP contribution is 2.66. The van der Waals surface area contributed by atoms with Crippen LogP contribution in [0.1, 0.15) is 67.2 Å². The lowest BCUT2D eigenvalue weighted by Crippen LogP contribution is -2.76. The Labute approximate surface area is 198 Å². The number of hydrogen-bond donors (Lipinski definition) is 0. The van der Waals surface area contributed by atoms with Crippen LogP contribution in [0.5, 0.6) is 5.75 Å². The van der Waals surface area contributed by atoms with Crippen molar-refractivity contribution in [3.05, 3.63) is 64.7 Å². The molecule has 0 amide bonds. The summed E-state index contributed by atoms with van der Waals surface area (Å²) in [6.45, 7) is 5.58. The van der Waals surface area contributed by atoms with Gasteiger partial charge in [-0.3, -0.25) is 4.90 Å². The third kappa shape index (κ3) is 2.94. The van der Waals surface area contributed by atoms with Crippen LogP contribution in [0.2, 0.25) is 0 Å². The lowest BCUT2D eigenvalue weighted by atomic mass is 9.49. The molecule has 0 N–H and O–H groups in total. The Kier molecular flexibility index (Phi) is 4.72. The minimum Gasteiger partial charge on any atom is -0.489 e. The Morgan fingerprint density at radius 1 is 1.06 bits per heavy atom. The molecular weight excluding hydrogens is 406 g/mol. The van der Waals surface area contributed by atoms with Crippen molar-refractivity contribution in [2.75, 3.05) is 19.7 Å². The Morgan fingerprint density at radius 2 is 1.94 bits per heavy atom. The van der Waals surface area contributed by atoms with Crippen LogP contribution in [0.4, 0.5) is 0 Å². The van der Waals surface area contributed by atoms with Gasteiger partial charge in [0, 0.05) is 24.8 Å². The molecule has 2 bridgehead atoms. The van der Waals surface area contributed by atoms with E-state index in [4.69, 9.17) is 9.47 Å². The average molecular weight is 444 g/mol. The molecule has 1 spiro atoms. The normalized spacial score (nSPS) is 34.1. The maximum absolute atomic E-state index is 7.27. The fourth-order valence-electron chi connectivity index (χ4n) is 8.06. The molecule has 7 rings (SSSR count). The summed E-state index contributed by atoms with van der Waals surface area (Å²) in [6, 6.07) is 16.1. The van der Waals surface area contributed by atoms with Crippen LogP contribution in [0.3, 0.4) is 0 Å². The molecule has 2 heterocycles. The van der Waals surface area contributed by atoms with E-state index in [-0.39, 0.29) is 11.0 Å². The van der Waals surface area contributed by atoms with Crippen molar-refractivity contribution in [3.63, 3.8) is 0 Å². The fourth-order valence-corrected chi connectivity index (χ4v) is 8.06. The van der Waals surface area contributed by atoms with E-state index in [2.05, 4.69) is 54.3 Å². The van der Waals surface area contributed by atoms with E-state index in [1.165, 1.54) is 68.5 Å². The zero-order valence-corrected chi connectivity index (χ0v) is 20.0. The van der Waals surface area contributed by atoms with Crippen molar-refractivity contribution in [3.8, 4) is 5.75 Å². The SMILES string of the molecule is Cc1ccc2c3c1O[C@H]1CCC[C@@]4(OCCCc5ccccc5)C(C2)N(CC2CC2)CC[C@]314. The molecule has 4 atom stereocenters. The number of aryl methyl sites for hydroxylation is 2. The van der Waals surface area contributed by atoms with Crippen LogP contribution in [-0.4, -0.2) is 42.3 Å². The zero-order chi connectivity index (χ0) is 22.0. The minimum absolute atomic E-state index is 0.0532. The lowest BCUT2D eigenvalue weighted by Gasteiger charge is -2.65. The van der Waals surface area contributed by atoms with Gasteiger partial charge in [-0.2, -0.15) is 0 Å². The number of rotatable bonds is 7. The second-order valence-electron chi connectivity index (χ2n) is 11.5. The Hall–Kier alpha value is -1.84. The molecule has 33 heavy (non-hydrogen) atoms. The third-order valence-corrected chi connectivity index (χ3v) is 9.65. The van der Waals surface area contributed by atoms with Crippen LogP contribution in [0.25, 0.3) is 0 Å². The molecule has 2 aromatic carbocycles. The van der Waals surface area contributed by atoms with Gasteiger partial charge in [-0.15, -0.1) is 0 Å². The molecule has 0 radical (unpaired) electrons. The van der Waals surface area contributed by atoms with Gasteiger partial charge >= 0.3 is 0 Å². The van der Waals surface area contributed by atoms with Gasteiger partial charge in [0.2, 0.25) is 0 Å². The van der Waals surface area contributed by atoms with E-state index >= 15 is 0 Å². The minimum atomic E-state index is -0.0915. The molecule has 1 unspecified atom stereocenters.